The summed E-state index contributed by atoms with van der Waals surface area (Å²) in [6, 6.07) is 25.4. The fourth-order valence-electron chi connectivity index (χ4n) is 3.39. The van der Waals surface area contributed by atoms with Crippen LogP contribution in [0.2, 0.25) is 0 Å². The lowest BCUT2D eigenvalue weighted by Crippen LogP contribution is -2.18. The smallest absolute Gasteiger partial charge is 0.478 e. The number of rotatable bonds is 9. The molecule has 13 heteroatoms. The van der Waals surface area contributed by atoms with Crippen LogP contribution in [0.3, 0.4) is 0 Å². The molecule has 4 rings (SSSR count). The molecule has 12 nitrogen and oxygen atoms in total. The molecule has 0 unspecified atom stereocenters. The Bertz CT molecular complexity index is 1580. The average molecular weight is 581 g/mol. The van der Waals surface area contributed by atoms with E-state index in [1.165, 1.54) is 11.1 Å². The van der Waals surface area contributed by atoms with Gasteiger partial charge in [0.15, 0.2) is 0 Å². The Morgan fingerprint density at radius 3 is 1.07 bits per heavy atom. The van der Waals surface area contributed by atoms with Crippen LogP contribution in [0.4, 0.5) is 0 Å². The summed E-state index contributed by atoms with van der Waals surface area (Å²) in [4.78, 5) is 44.2. The van der Waals surface area contributed by atoms with Gasteiger partial charge in [0.25, 0.3) is 0 Å². The van der Waals surface area contributed by atoms with E-state index in [1.54, 1.807) is 0 Å². The van der Waals surface area contributed by atoms with E-state index in [9.17, 15) is 27.6 Å². The van der Waals surface area contributed by atoms with Crippen LogP contribution in [0.1, 0.15) is 41.4 Å². The van der Waals surface area contributed by atoms with Crippen molar-refractivity contribution in [1.29, 1.82) is 0 Å². The molecule has 0 fully saturated rings. The molecule has 4 N–H and O–H groups in total. The largest absolute Gasteiger partial charge is 0.500 e. The zero-order valence-corrected chi connectivity index (χ0v) is 21.5. The Balaban J connectivity index is 0.000000317. The number of aromatic carboxylic acids is 4. The maximum Gasteiger partial charge on any atom is 0.500 e. The maximum absolute atomic E-state index is 12.0. The van der Waals surface area contributed by atoms with Crippen molar-refractivity contribution in [2.45, 2.75) is 0 Å². The van der Waals surface area contributed by atoms with Crippen molar-refractivity contribution in [3.05, 3.63) is 119 Å². The molecule has 0 amide bonds. The molecular formula is C28H20O12S. The summed E-state index contributed by atoms with van der Waals surface area (Å²) < 4.78 is 33.1. The quantitative estimate of drug-likeness (QED) is 0.216. The van der Waals surface area contributed by atoms with Crippen molar-refractivity contribution < 1.29 is 56.4 Å². The van der Waals surface area contributed by atoms with E-state index in [4.69, 9.17) is 20.4 Å². The summed E-state index contributed by atoms with van der Waals surface area (Å²) in [5.74, 6) is -7.61. The summed E-state index contributed by atoms with van der Waals surface area (Å²) in [5, 5.41) is 35.9. The van der Waals surface area contributed by atoms with Crippen molar-refractivity contribution >= 4 is 34.3 Å². The summed E-state index contributed by atoms with van der Waals surface area (Å²) in [7, 11) is -4.92. The number of carboxylic acid groups (broad SMARTS) is 4. The fourth-order valence-corrected chi connectivity index (χ4v) is 4.10. The molecule has 0 saturated heterocycles. The number of hydrogen-bond acceptors (Lipinski definition) is 8. The average Bonchev–Trinajstić information content (AvgIpc) is 2.93. The van der Waals surface area contributed by atoms with E-state index in [0.29, 0.717) is 12.1 Å². The van der Waals surface area contributed by atoms with Gasteiger partial charge in [-0.05, 0) is 47.5 Å². The zero-order chi connectivity index (χ0) is 30.2. The minimum atomic E-state index is -4.92. The summed E-state index contributed by atoms with van der Waals surface area (Å²) in [6.07, 6.45) is 0. The summed E-state index contributed by atoms with van der Waals surface area (Å²) >= 11 is 0. The van der Waals surface area contributed by atoms with Gasteiger partial charge in [0, 0.05) is 0 Å². The van der Waals surface area contributed by atoms with E-state index >= 15 is 0 Å². The summed E-state index contributed by atoms with van der Waals surface area (Å²) in [6.45, 7) is 0. The highest BCUT2D eigenvalue weighted by molar-refractivity contribution is 7.82. The molecule has 0 radical (unpaired) electrons. The molecule has 0 aliphatic heterocycles. The van der Waals surface area contributed by atoms with Crippen LogP contribution >= 0.6 is 0 Å². The van der Waals surface area contributed by atoms with Crippen molar-refractivity contribution in [3.8, 4) is 22.6 Å². The fraction of sp³-hybridized carbons (Fsp3) is 0. The molecule has 210 valence electrons. The van der Waals surface area contributed by atoms with Gasteiger partial charge < -0.3 is 28.8 Å². The van der Waals surface area contributed by atoms with Crippen LogP contribution in [0.15, 0.2) is 97.1 Å². The number of carboxylic acids is 4. The van der Waals surface area contributed by atoms with Gasteiger partial charge >= 0.3 is 34.3 Å². The van der Waals surface area contributed by atoms with Crippen molar-refractivity contribution in [1.82, 2.24) is 0 Å². The summed E-state index contributed by atoms with van der Waals surface area (Å²) in [5.41, 5.74) is -0.165. The first-order valence-electron chi connectivity index (χ1n) is 11.3. The molecule has 0 bridgehead atoms. The lowest BCUT2D eigenvalue weighted by molar-refractivity contribution is 0.0651. The van der Waals surface area contributed by atoms with Gasteiger partial charge in [-0.15, -0.1) is 8.42 Å². The monoisotopic (exact) mass is 580 g/mol. The van der Waals surface area contributed by atoms with Crippen LogP contribution < -0.4 is 8.37 Å². The second-order valence-corrected chi connectivity index (χ2v) is 9.09. The Hall–Kier alpha value is -5.69. The minimum Gasteiger partial charge on any atom is -0.478 e. The van der Waals surface area contributed by atoms with Crippen LogP contribution in [0, 0.1) is 0 Å². The van der Waals surface area contributed by atoms with Crippen LogP contribution in [-0.4, -0.2) is 52.7 Å². The topological polar surface area (TPSA) is 202 Å². The van der Waals surface area contributed by atoms with Crippen molar-refractivity contribution in [2.75, 3.05) is 0 Å². The first-order chi connectivity index (χ1) is 19.4. The normalized spacial score (nSPS) is 10.4. The van der Waals surface area contributed by atoms with Gasteiger partial charge in [0.2, 0.25) is 0 Å². The molecule has 41 heavy (non-hydrogen) atoms. The van der Waals surface area contributed by atoms with Gasteiger partial charge in [-0.1, -0.05) is 60.7 Å². The standard InChI is InChI=1S/C16H10O12S.C12H10/c17-13(18)9-3-1-7(5-11(9)15(21)22)27-29(25,26)28-8-2-4-10(14(19)20)12(6-8)16(23)24;1-3-7-11(8-4-1)12-9-5-2-6-10-12/h1-6H,(H,17,18)(H,19,20)(H,21,22)(H,23,24);1-10H. The van der Waals surface area contributed by atoms with Crippen molar-refractivity contribution in [3.63, 3.8) is 0 Å². The number of benzene rings is 4. The van der Waals surface area contributed by atoms with E-state index in [0.717, 1.165) is 24.3 Å². The van der Waals surface area contributed by atoms with Crippen LogP contribution in [-0.2, 0) is 10.4 Å². The SMILES string of the molecule is O=C(O)c1ccc(OS(=O)(=O)Oc2ccc(C(=O)O)c(C(=O)O)c2)cc1C(=O)O.c1ccc(-c2ccccc2)cc1. The second kappa shape index (κ2) is 12.9. The third-order valence-electron chi connectivity index (χ3n) is 5.18. The Morgan fingerprint density at radius 2 is 0.780 bits per heavy atom. The lowest BCUT2D eigenvalue weighted by Gasteiger charge is -2.10. The lowest BCUT2D eigenvalue weighted by atomic mass is 10.1. The molecule has 0 aromatic heterocycles. The minimum absolute atomic E-state index is 0.590. The van der Waals surface area contributed by atoms with E-state index in [-0.39, 0.29) is 0 Å². The molecule has 0 aliphatic rings. The zero-order valence-electron chi connectivity index (χ0n) is 20.7. The maximum atomic E-state index is 12.0. The highest BCUT2D eigenvalue weighted by atomic mass is 32.3. The Morgan fingerprint density at radius 1 is 0.463 bits per heavy atom. The molecule has 4 aromatic rings. The predicted molar refractivity (Wildman–Crippen MR) is 143 cm³/mol. The highest BCUT2D eigenvalue weighted by Crippen LogP contribution is 2.24. The third-order valence-corrected chi connectivity index (χ3v) is 5.97. The molecule has 0 aliphatic carbocycles. The highest BCUT2D eigenvalue weighted by Gasteiger charge is 2.23. The van der Waals surface area contributed by atoms with Gasteiger partial charge in [-0.25, -0.2) is 19.2 Å². The van der Waals surface area contributed by atoms with Gasteiger partial charge in [0.05, 0.1) is 22.3 Å². The molecule has 0 atom stereocenters. The van der Waals surface area contributed by atoms with Gasteiger partial charge in [0.1, 0.15) is 11.5 Å². The van der Waals surface area contributed by atoms with Crippen LogP contribution in [0.25, 0.3) is 11.1 Å². The molecule has 0 saturated carbocycles. The predicted octanol–water partition coefficient (Wildman–Crippen LogP) is 4.54. The van der Waals surface area contributed by atoms with Gasteiger partial charge in [-0.3, -0.25) is 0 Å². The molecule has 0 heterocycles. The van der Waals surface area contributed by atoms with E-state index in [1.807, 2.05) is 12.1 Å². The van der Waals surface area contributed by atoms with Gasteiger partial charge in [-0.2, -0.15) is 0 Å². The number of carbonyl (C=O) groups is 4. The third kappa shape index (κ3) is 8.15. The van der Waals surface area contributed by atoms with E-state index in [2.05, 4.69) is 56.9 Å². The number of hydrogen-bond donors (Lipinski definition) is 4. The first kappa shape index (κ1) is 29.9. The Kier molecular flexibility index (Phi) is 9.40. The molecule has 0 spiro atoms. The molecular weight excluding hydrogens is 560 g/mol. The van der Waals surface area contributed by atoms with Crippen molar-refractivity contribution in [2.24, 2.45) is 0 Å². The Labute approximate surface area is 232 Å². The van der Waals surface area contributed by atoms with Crippen LogP contribution in [0.5, 0.6) is 11.5 Å². The van der Waals surface area contributed by atoms with E-state index < -0.39 is 68.0 Å². The molecule has 4 aromatic carbocycles. The second-order valence-electron chi connectivity index (χ2n) is 7.94. The first-order valence-corrected chi connectivity index (χ1v) is 12.7.